The van der Waals surface area contributed by atoms with Gasteiger partial charge in [-0.1, -0.05) is 17.7 Å². The summed E-state index contributed by atoms with van der Waals surface area (Å²) in [6.45, 7) is 6.77. The van der Waals surface area contributed by atoms with E-state index in [0.717, 1.165) is 5.56 Å². The Bertz CT molecular complexity index is 874. The third-order valence-corrected chi connectivity index (χ3v) is 4.30. The Balaban J connectivity index is 2.02. The van der Waals surface area contributed by atoms with Crippen LogP contribution in [0.3, 0.4) is 0 Å². The van der Waals surface area contributed by atoms with Crippen LogP contribution in [0.1, 0.15) is 32.0 Å². The Morgan fingerprint density at radius 3 is 2.46 bits per heavy atom. The number of benzene rings is 1. The Labute approximate surface area is 152 Å². The molecule has 0 saturated heterocycles. The first-order chi connectivity index (χ1) is 12.0. The van der Waals surface area contributed by atoms with Gasteiger partial charge in [-0.3, -0.25) is 9.50 Å². The zero-order chi connectivity index (χ0) is 19.4. The highest BCUT2D eigenvalue weighted by Crippen LogP contribution is 2.16. The third kappa shape index (κ3) is 6.08. The number of anilines is 1. The van der Waals surface area contributed by atoms with Gasteiger partial charge in [-0.2, -0.15) is 18.6 Å². The molecule has 0 fully saturated rings. The van der Waals surface area contributed by atoms with Gasteiger partial charge in [0.15, 0.2) is 0 Å². The van der Waals surface area contributed by atoms with E-state index < -0.39 is 21.8 Å². The predicted molar refractivity (Wildman–Crippen MR) is 95.0 cm³/mol. The van der Waals surface area contributed by atoms with E-state index in [0.29, 0.717) is 5.69 Å². The van der Waals surface area contributed by atoms with Crippen LogP contribution >= 0.6 is 0 Å². The number of amides is 1. The maximum atomic E-state index is 12.2. The van der Waals surface area contributed by atoms with Crippen molar-refractivity contribution in [2.45, 2.75) is 44.8 Å². The lowest BCUT2D eigenvalue weighted by atomic mass is 10.2. The van der Waals surface area contributed by atoms with Crippen LogP contribution in [0.5, 0.6) is 0 Å². The van der Waals surface area contributed by atoms with E-state index in [1.807, 2.05) is 6.92 Å². The molecule has 0 aliphatic carbocycles. The number of aryl methyl sites for hydroxylation is 1. The quantitative estimate of drug-likeness (QED) is 0.796. The second kappa shape index (κ2) is 7.79. The summed E-state index contributed by atoms with van der Waals surface area (Å²) in [5, 5.41) is 10.0. The predicted octanol–water partition coefficient (Wildman–Crippen LogP) is 3.04. The fourth-order valence-corrected chi connectivity index (χ4v) is 2.76. The Hall–Kier alpha value is -2.52. The van der Waals surface area contributed by atoms with Gasteiger partial charge >= 0.3 is 6.09 Å². The van der Waals surface area contributed by atoms with Crippen LogP contribution in [0.4, 0.5) is 10.5 Å². The van der Waals surface area contributed by atoms with Gasteiger partial charge in [-0.25, -0.2) is 4.79 Å². The van der Waals surface area contributed by atoms with Gasteiger partial charge in [0.25, 0.3) is 10.1 Å². The number of carbonyl (C=O) groups is 1. The summed E-state index contributed by atoms with van der Waals surface area (Å²) < 4.78 is 34.5. The van der Waals surface area contributed by atoms with E-state index >= 15 is 0 Å². The second-order valence-electron chi connectivity index (χ2n) is 6.59. The Morgan fingerprint density at radius 1 is 1.19 bits per heavy atom. The van der Waals surface area contributed by atoms with Crippen LogP contribution in [0, 0.1) is 6.92 Å². The van der Waals surface area contributed by atoms with Gasteiger partial charge in [0.2, 0.25) is 0 Å². The van der Waals surface area contributed by atoms with E-state index in [-0.39, 0.29) is 17.2 Å². The minimum Gasteiger partial charge on any atom is -0.444 e. The van der Waals surface area contributed by atoms with Crippen molar-refractivity contribution in [3.63, 3.8) is 0 Å². The number of rotatable bonds is 5. The Kier molecular flexibility index (Phi) is 5.94. The molecule has 1 heterocycles. The SMILES string of the molecule is Cc1ccc(S(=O)(=O)OCc2cc(NC(=O)OC(C)(C)C)cnn2)cc1. The molecular weight excluding hydrogens is 358 g/mol. The first-order valence-corrected chi connectivity index (χ1v) is 9.24. The molecule has 0 spiro atoms. The zero-order valence-corrected chi connectivity index (χ0v) is 15.8. The van der Waals surface area contributed by atoms with E-state index in [2.05, 4.69) is 15.5 Å². The normalized spacial score (nSPS) is 11.8. The first-order valence-electron chi connectivity index (χ1n) is 7.83. The zero-order valence-electron chi connectivity index (χ0n) is 15.0. The fourth-order valence-electron chi connectivity index (χ4n) is 1.88. The van der Waals surface area contributed by atoms with E-state index in [1.54, 1.807) is 32.9 Å². The summed E-state index contributed by atoms with van der Waals surface area (Å²) in [7, 11) is -3.91. The van der Waals surface area contributed by atoms with Gasteiger partial charge in [0.1, 0.15) is 12.2 Å². The van der Waals surface area contributed by atoms with Crippen molar-refractivity contribution in [3.8, 4) is 0 Å². The molecule has 0 bridgehead atoms. The van der Waals surface area contributed by atoms with Crippen molar-refractivity contribution >= 4 is 21.9 Å². The smallest absolute Gasteiger partial charge is 0.412 e. The van der Waals surface area contributed by atoms with Crippen molar-refractivity contribution in [1.29, 1.82) is 0 Å². The molecule has 0 unspecified atom stereocenters. The van der Waals surface area contributed by atoms with Gasteiger partial charge in [-0.05, 0) is 45.9 Å². The lowest BCUT2D eigenvalue weighted by Gasteiger charge is -2.19. The van der Waals surface area contributed by atoms with Crippen molar-refractivity contribution < 1.29 is 22.1 Å². The minimum absolute atomic E-state index is 0.0547. The van der Waals surface area contributed by atoms with Gasteiger partial charge < -0.3 is 4.74 Å². The van der Waals surface area contributed by atoms with Crippen molar-refractivity contribution in [1.82, 2.24) is 10.2 Å². The first kappa shape index (κ1) is 19.8. The largest absolute Gasteiger partial charge is 0.444 e. The monoisotopic (exact) mass is 379 g/mol. The number of hydrogen-bond acceptors (Lipinski definition) is 7. The third-order valence-electron chi connectivity index (χ3n) is 3.02. The molecule has 0 saturated carbocycles. The molecule has 0 atom stereocenters. The van der Waals surface area contributed by atoms with Crippen LogP contribution in [0.2, 0.25) is 0 Å². The van der Waals surface area contributed by atoms with E-state index in [4.69, 9.17) is 8.92 Å². The van der Waals surface area contributed by atoms with Crippen molar-refractivity contribution in [2.75, 3.05) is 5.32 Å². The lowest BCUT2D eigenvalue weighted by Crippen LogP contribution is -2.27. The van der Waals surface area contributed by atoms with Crippen LogP contribution in [0.15, 0.2) is 41.4 Å². The number of carbonyl (C=O) groups excluding carboxylic acids is 1. The number of nitrogens with zero attached hydrogens (tertiary/aromatic N) is 2. The molecule has 2 rings (SSSR count). The van der Waals surface area contributed by atoms with Crippen molar-refractivity contribution in [2.24, 2.45) is 0 Å². The summed E-state index contributed by atoms with van der Waals surface area (Å²) in [5.41, 5.74) is 0.865. The maximum absolute atomic E-state index is 12.2. The molecule has 1 N–H and O–H groups in total. The van der Waals surface area contributed by atoms with Crippen LogP contribution in [0.25, 0.3) is 0 Å². The van der Waals surface area contributed by atoms with Gasteiger partial charge in [0.05, 0.1) is 22.5 Å². The van der Waals surface area contributed by atoms with Crippen LogP contribution < -0.4 is 5.32 Å². The highest BCUT2D eigenvalue weighted by Gasteiger charge is 2.18. The Morgan fingerprint density at radius 2 is 1.85 bits per heavy atom. The van der Waals surface area contributed by atoms with E-state index in [9.17, 15) is 13.2 Å². The molecule has 0 aliphatic heterocycles. The minimum atomic E-state index is -3.91. The van der Waals surface area contributed by atoms with Crippen molar-refractivity contribution in [3.05, 3.63) is 47.8 Å². The highest BCUT2D eigenvalue weighted by atomic mass is 32.2. The number of aromatic nitrogens is 2. The molecule has 1 amide bonds. The molecule has 9 heteroatoms. The van der Waals surface area contributed by atoms with Crippen LogP contribution in [-0.2, 0) is 25.6 Å². The van der Waals surface area contributed by atoms with Crippen LogP contribution in [-0.4, -0.2) is 30.3 Å². The molecular formula is C17H21N3O5S. The molecule has 1 aromatic heterocycles. The molecule has 1 aromatic carbocycles. The summed E-state index contributed by atoms with van der Waals surface area (Å²) in [6, 6.07) is 7.76. The molecule has 0 radical (unpaired) electrons. The topological polar surface area (TPSA) is 107 Å². The van der Waals surface area contributed by atoms with Gasteiger partial charge in [0, 0.05) is 0 Å². The molecule has 0 aliphatic rings. The molecule has 26 heavy (non-hydrogen) atoms. The maximum Gasteiger partial charge on any atom is 0.412 e. The van der Waals surface area contributed by atoms with Gasteiger partial charge in [-0.15, -0.1) is 0 Å². The lowest BCUT2D eigenvalue weighted by molar-refractivity contribution is 0.0636. The average Bonchev–Trinajstić information content (AvgIpc) is 2.52. The number of hydrogen-bond donors (Lipinski definition) is 1. The average molecular weight is 379 g/mol. The number of ether oxygens (including phenoxy) is 1. The fraction of sp³-hybridized carbons (Fsp3) is 0.353. The van der Waals surface area contributed by atoms with E-state index in [1.165, 1.54) is 24.4 Å². The second-order valence-corrected chi connectivity index (χ2v) is 8.21. The summed E-state index contributed by atoms with van der Waals surface area (Å²) in [6.07, 6.45) is 0.673. The molecule has 8 nitrogen and oxygen atoms in total. The molecule has 140 valence electrons. The standard InChI is InChI=1S/C17H21N3O5S/c1-12-5-7-15(8-6-12)26(22,23)24-11-14-9-13(10-18-20-14)19-16(21)25-17(2,3)4/h5-10H,11H2,1-4H3,(H,19,20,21). The summed E-state index contributed by atoms with van der Waals surface area (Å²) in [5.74, 6) is 0. The summed E-state index contributed by atoms with van der Waals surface area (Å²) >= 11 is 0. The molecule has 2 aromatic rings. The highest BCUT2D eigenvalue weighted by molar-refractivity contribution is 7.86. The number of nitrogens with one attached hydrogen (secondary N) is 1. The summed E-state index contributed by atoms with van der Waals surface area (Å²) in [4.78, 5) is 11.8.